The molecule has 0 saturated carbocycles. The highest BCUT2D eigenvalue weighted by Gasteiger charge is 2.11. The summed E-state index contributed by atoms with van der Waals surface area (Å²) in [5, 5.41) is 9.55. The molecule has 1 N–H and O–H groups in total. The Hall–Kier alpha value is -1.66. The average Bonchev–Trinajstić information content (AvgIpc) is 2.79. The summed E-state index contributed by atoms with van der Waals surface area (Å²) in [6, 6.07) is 6.77. The summed E-state index contributed by atoms with van der Waals surface area (Å²) in [7, 11) is 0.584. The number of hydrogen-bond acceptors (Lipinski definition) is 4. The molecule has 0 amide bonds. The van der Waals surface area contributed by atoms with Gasteiger partial charge in [-0.15, -0.1) is 0 Å². The molecule has 0 spiro atoms. The predicted molar refractivity (Wildman–Crippen MR) is 71.8 cm³/mol. The molecule has 0 saturated heterocycles. The van der Waals surface area contributed by atoms with Gasteiger partial charge >= 0.3 is 5.97 Å². The van der Waals surface area contributed by atoms with Crippen molar-refractivity contribution in [3.63, 3.8) is 0 Å². The van der Waals surface area contributed by atoms with Crippen LogP contribution in [0.5, 0.6) is 0 Å². The van der Waals surface area contributed by atoms with Crippen molar-refractivity contribution in [1.29, 1.82) is 0 Å². The van der Waals surface area contributed by atoms with E-state index in [-0.39, 0.29) is 5.76 Å². The summed E-state index contributed by atoms with van der Waals surface area (Å²) in [6.45, 7) is 0.462. The third-order valence-electron chi connectivity index (χ3n) is 2.63. The maximum atomic E-state index is 11.7. The number of rotatable bonds is 6. The van der Waals surface area contributed by atoms with E-state index < -0.39 is 16.8 Å². The molecule has 0 fully saturated rings. The third kappa shape index (κ3) is 3.42. The zero-order valence-electron chi connectivity index (χ0n) is 10.4. The minimum Gasteiger partial charge on any atom is -0.475 e. The number of ether oxygens (including phenoxy) is 1. The van der Waals surface area contributed by atoms with E-state index in [1.54, 1.807) is 25.3 Å². The van der Waals surface area contributed by atoms with Gasteiger partial charge in [0.2, 0.25) is 5.76 Å². The highest BCUT2D eigenvalue weighted by molar-refractivity contribution is 7.84. The van der Waals surface area contributed by atoms with Crippen molar-refractivity contribution >= 4 is 27.7 Å². The van der Waals surface area contributed by atoms with Crippen LogP contribution >= 0.6 is 0 Å². The maximum absolute atomic E-state index is 11.7. The number of fused-ring (bicyclic) bond motifs is 1. The maximum Gasteiger partial charge on any atom is 0.371 e. The lowest BCUT2D eigenvalue weighted by molar-refractivity contribution is 0.0665. The van der Waals surface area contributed by atoms with E-state index in [0.29, 0.717) is 29.1 Å². The molecular weight excluding hydrogens is 268 g/mol. The largest absolute Gasteiger partial charge is 0.475 e. The van der Waals surface area contributed by atoms with Gasteiger partial charge in [-0.2, -0.15) is 0 Å². The number of carboxylic acid groups (broad SMARTS) is 1. The van der Waals surface area contributed by atoms with Crippen molar-refractivity contribution in [2.24, 2.45) is 0 Å². The fourth-order valence-electron chi connectivity index (χ4n) is 1.72. The summed E-state index contributed by atoms with van der Waals surface area (Å²) in [6.07, 6.45) is 0. The van der Waals surface area contributed by atoms with Gasteiger partial charge in [-0.3, -0.25) is 4.21 Å². The second-order valence-corrected chi connectivity index (χ2v) is 5.65. The Bertz CT molecular complexity index is 617. The first-order chi connectivity index (χ1) is 9.10. The first-order valence-corrected chi connectivity index (χ1v) is 7.18. The summed E-state index contributed by atoms with van der Waals surface area (Å²) in [5.74, 6) is -0.276. The Morgan fingerprint density at radius 2 is 2.21 bits per heavy atom. The van der Waals surface area contributed by atoms with Crippen molar-refractivity contribution in [3.05, 3.63) is 35.6 Å². The van der Waals surface area contributed by atoms with Crippen LogP contribution in [0.4, 0.5) is 0 Å². The van der Waals surface area contributed by atoms with Crippen molar-refractivity contribution < 1.29 is 23.3 Å². The van der Waals surface area contributed by atoms with Crippen molar-refractivity contribution in [3.8, 4) is 0 Å². The van der Waals surface area contributed by atoms with Crippen LogP contribution in [0, 0.1) is 0 Å². The lowest BCUT2D eigenvalue weighted by atomic mass is 10.2. The predicted octanol–water partition coefficient (Wildman–Crippen LogP) is 2.03. The molecule has 1 atom stereocenters. The summed E-state index contributed by atoms with van der Waals surface area (Å²) < 4.78 is 21.8. The molecule has 0 aliphatic carbocycles. The molecule has 1 heterocycles. The first-order valence-electron chi connectivity index (χ1n) is 5.70. The van der Waals surface area contributed by atoms with E-state index in [4.69, 9.17) is 14.3 Å². The van der Waals surface area contributed by atoms with Gasteiger partial charge < -0.3 is 14.3 Å². The van der Waals surface area contributed by atoms with Gasteiger partial charge in [0.1, 0.15) is 5.58 Å². The SMILES string of the molecule is COCCS(=O)Cc1ccc2oc(C(=O)O)cc2c1. The number of aromatic carboxylic acids is 1. The first kappa shape index (κ1) is 13.8. The Balaban J connectivity index is 2.17. The zero-order valence-corrected chi connectivity index (χ0v) is 11.2. The fraction of sp³-hybridized carbons (Fsp3) is 0.308. The topological polar surface area (TPSA) is 76.7 Å². The molecule has 2 aromatic rings. The monoisotopic (exact) mass is 282 g/mol. The van der Waals surface area contributed by atoms with E-state index >= 15 is 0 Å². The number of benzene rings is 1. The van der Waals surface area contributed by atoms with Gasteiger partial charge in [-0.1, -0.05) is 6.07 Å². The lowest BCUT2D eigenvalue weighted by Gasteiger charge is -2.02. The molecule has 2 rings (SSSR count). The molecule has 1 aromatic carbocycles. The van der Waals surface area contributed by atoms with Crippen molar-refractivity contribution in [1.82, 2.24) is 0 Å². The van der Waals surface area contributed by atoms with Crippen LogP contribution in [0.1, 0.15) is 16.1 Å². The van der Waals surface area contributed by atoms with Crippen LogP contribution in [-0.2, 0) is 21.3 Å². The summed E-state index contributed by atoms with van der Waals surface area (Å²) >= 11 is 0. The second kappa shape index (κ2) is 5.99. The minimum atomic E-state index is -1.10. The zero-order chi connectivity index (χ0) is 13.8. The van der Waals surface area contributed by atoms with Gasteiger partial charge in [0.15, 0.2) is 0 Å². The van der Waals surface area contributed by atoms with Crippen LogP contribution in [0.25, 0.3) is 11.0 Å². The molecule has 0 aliphatic heterocycles. The summed E-state index contributed by atoms with van der Waals surface area (Å²) in [4.78, 5) is 10.8. The minimum absolute atomic E-state index is 0.0901. The number of hydrogen-bond donors (Lipinski definition) is 1. The average molecular weight is 282 g/mol. The van der Waals surface area contributed by atoms with E-state index in [1.807, 2.05) is 0 Å². The van der Waals surface area contributed by atoms with E-state index in [0.717, 1.165) is 5.56 Å². The molecular formula is C13H14O5S. The van der Waals surface area contributed by atoms with E-state index in [2.05, 4.69) is 0 Å². The van der Waals surface area contributed by atoms with Crippen LogP contribution in [0.15, 0.2) is 28.7 Å². The highest BCUT2D eigenvalue weighted by Crippen LogP contribution is 2.21. The Morgan fingerprint density at radius 3 is 2.89 bits per heavy atom. The standard InChI is InChI=1S/C13H14O5S/c1-17-4-5-19(16)8-9-2-3-11-10(6-9)7-12(18-11)13(14)15/h2-3,6-7H,4-5,8H2,1H3,(H,14,15). The third-order valence-corrected chi connectivity index (χ3v) is 3.91. The molecule has 102 valence electrons. The molecule has 0 bridgehead atoms. The molecule has 19 heavy (non-hydrogen) atoms. The highest BCUT2D eigenvalue weighted by atomic mass is 32.2. The molecule has 0 radical (unpaired) electrons. The van der Waals surface area contributed by atoms with Gasteiger partial charge in [-0.25, -0.2) is 4.79 Å². The summed E-state index contributed by atoms with van der Waals surface area (Å²) in [5.41, 5.74) is 1.41. The van der Waals surface area contributed by atoms with E-state index in [1.165, 1.54) is 6.07 Å². The Labute approximate surface area is 112 Å². The molecule has 5 nitrogen and oxygen atoms in total. The number of furan rings is 1. The Kier molecular flexibility index (Phi) is 4.34. The quantitative estimate of drug-likeness (QED) is 0.877. The second-order valence-electron chi connectivity index (χ2n) is 4.07. The molecule has 1 aromatic heterocycles. The van der Waals surface area contributed by atoms with Crippen LogP contribution in [0.2, 0.25) is 0 Å². The molecule has 0 aliphatic rings. The van der Waals surface area contributed by atoms with Gasteiger partial charge in [-0.05, 0) is 23.8 Å². The number of carboxylic acids is 1. The van der Waals surface area contributed by atoms with Crippen LogP contribution in [0.3, 0.4) is 0 Å². The smallest absolute Gasteiger partial charge is 0.371 e. The van der Waals surface area contributed by atoms with Crippen LogP contribution < -0.4 is 0 Å². The van der Waals surface area contributed by atoms with Gasteiger partial charge in [0, 0.05) is 34.8 Å². The van der Waals surface area contributed by atoms with E-state index in [9.17, 15) is 9.00 Å². The van der Waals surface area contributed by atoms with Crippen molar-refractivity contribution in [2.75, 3.05) is 19.5 Å². The number of methoxy groups -OCH3 is 1. The Morgan fingerprint density at radius 1 is 1.42 bits per heavy atom. The number of carbonyl (C=O) groups is 1. The van der Waals surface area contributed by atoms with Crippen molar-refractivity contribution in [2.45, 2.75) is 5.75 Å². The normalized spacial score (nSPS) is 12.7. The van der Waals surface area contributed by atoms with Gasteiger partial charge in [0.05, 0.1) is 6.61 Å². The van der Waals surface area contributed by atoms with Gasteiger partial charge in [0.25, 0.3) is 0 Å². The molecule has 6 heteroatoms. The lowest BCUT2D eigenvalue weighted by Crippen LogP contribution is -2.06. The molecule has 1 unspecified atom stereocenters. The van der Waals surface area contributed by atoms with Crippen LogP contribution in [-0.4, -0.2) is 34.8 Å². The fourth-order valence-corrected chi connectivity index (χ4v) is 2.77.